The normalized spacial score (nSPS) is 12.8. The predicted octanol–water partition coefficient (Wildman–Crippen LogP) is 0.922. The number of ether oxygens (including phenoxy) is 1. The van der Waals surface area contributed by atoms with Crippen LogP contribution in [0.5, 0.6) is 5.75 Å². The number of hydrazine groups is 1. The topological polar surface area (TPSA) is 101 Å². The molecular formula is C16H13ClN4O4. The van der Waals surface area contributed by atoms with Crippen LogP contribution >= 0.6 is 11.6 Å². The molecule has 0 bridgehead atoms. The van der Waals surface area contributed by atoms with Gasteiger partial charge in [-0.3, -0.25) is 30.1 Å². The first-order chi connectivity index (χ1) is 12.0. The van der Waals surface area contributed by atoms with Crippen molar-refractivity contribution in [3.05, 3.63) is 53.3 Å². The van der Waals surface area contributed by atoms with Crippen LogP contribution in [0.1, 0.15) is 10.4 Å². The van der Waals surface area contributed by atoms with Crippen molar-refractivity contribution in [2.75, 3.05) is 18.1 Å². The van der Waals surface area contributed by atoms with Crippen LogP contribution in [0.3, 0.4) is 0 Å². The van der Waals surface area contributed by atoms with Crippen LogP contribution in [0.15, 0.2) is 42.6 Å². The Kier molecular flexibility index (Phi) is 4.80. The summed E-state index contributed by atoms with van der Waals surface area (Å²) in [7, 11) is 0. The van der Waals surface area contributed by atoms with E-state index in [1.54, 1.807) is 24.3 Å². The van der Waals surface area contributed by atoms with E-state index >= 15 is 0 Å². The summed E-state index contributed by atoms with van der Waals surface area (Å²) in [6.45, 7) is -0.397. The Morgan fingerprint density at radius 2 is 2.00 bits per heavy atom. The molecule has 3 amide bonds. The molecule has 8 nitrogen and oxygen atoms in total. The third-order valence-electron chi connectivity index (χ3n) is 3.41. The maximum Gasteiger partial charge on any atom is 0.271 e. The van der Waals surface area contributed by atoms with Gasteiger partial charge >= 0.3 is 0 Å². The molecular weight excluding hydrogens is 348 g/mol. The van der Waals surface area contributed by atoms with E-state index in [1.807, 2.05) is 0 Å². The van der Waals surface area contributed by atoms with Gasteiger partial charge in [-0.1, -0.05) is 23.7 Å². The van der Waals surface area contributed by atoms with Gasteiger partial charge in [0.05, 0.1) is 11.3 Å². The summed E-state index contributed by atoms with van der Waals surface area (Å²) in [5.41, 5.74) is 5.25. The maximum atomic E-state index is 12.1. The smallest absolute Gasteiger partial charge is 0.271 e. The summed E-state index contributed by atoms with van der Waals surface area (Å²) in [6, 6.07) is 9.83. The Labute approximate surface area is 147 Å². The van der Waals surface area contributed by atoms with E-state index in [1.165, 1.54) is 23.2 Å². The van der Waals surface area contributed by atoms with Gasteiger partial charge in [-0.25, -0.2) is 4.98 Å². The molecule has 3 rings (SSSR count). The molecule has 0 spiro atoms. The summed E-state index contributed by atoms with van der Waals surface area (Å²) >= 11 is 5.65. The molecule has 1 aliphatic rings. The van der Waals surface area contributed by atoms with Crippen LogP contribution < -0.4 is 20.5 Å². The van der Waals surface area contributed by atoms with Crippen LogP contribution in [0, 0.1) is 0 Å². The first kappa shape index (κ1) is 16.7. The lowest BCUT2D eigenvalue weighted by Crippen LogP contribution is -2.49. The molecule has 0 atom stereocenters. The minimum absolute atomic E-state index is 0.146. The molecule has 0 fully saturated rings. The minimum atomic E-state index is -0.555. The summed E-state index contributed by atoms with van der Waals surface area (Å²) in [6.07, 6.45) is 1.28. The number of amides is 3. The molecule has 2 heterocycles. The minimum Gasteiger partial charge on any atom is -0.482 e. The highest BCUT2D eigenvalue weighted by Gasteiger charge is 2.27. The van der Waals surface area contributed by atoms with Gasteiger partial charge in [0.2, 0.25) is 0 Å². The number of carbonyl (C=O) groups is 3. The van der Waals surface area contributed by atoms with E-state index in [2.05, 4.69) is 15.8 Å². The first-order valence-corrected chi connectivity index (χ1v) is 7.65. The lowest BCUT2D eigenvalue weighted by Gasteiger charge is -2.28. The lowest BCUT2D eigenvalue weighted by atomic mass is 10.2. The number of carbonyl (C=O) groups excluding carboxylic acids is 3. The average Bonchev–Trinajstić information content (AvgIpc) is 2.63. The van der Waals surface area contributed by atoms with Crippen molar-refractivity contribution in [1.29, 1.82) is 0 Å². The Morgan fingerprint density at radius 3 is 2.76 bits per heavy atom. The predicted molar refractivity (Wildman–Crippen MR) is 89.1 cm³/mol. The molecule has 1 aromatic carbocycles. The molecule has 25 heavy (non-hydrogen) atoms. The van der Waals surface area contributed by atoms with Crippen molar-refractivity contribution < 1.29 is 19.1 Å². The third kappa shape index (κ3) is 3.86. The van der Waals surface area contributed by atoms with Gasteiger partial charge in [0.1, 0.15) is 17.4 Å². The highest BCUT2D eigenvalue weighted by Crippen LogP contribution is 2.30. The standard InChI is InChI=1S/C16H13ClN4O4/c17-13-6-5-10(7-18-13)16(24)20-19-14(22)8-21-11-3-1-2-4-12(11)25-9-15(21)23/h1-7H,8-9H2,(H,19,22)(H,20,24). The SMILES string of the molecule is O=C(CN1C(=O)COc2ccccc21)NNC(=O)c1ccc(Cl)nc1. The van der Waals surface area contributed by atoms with E-state index in [4.69, 9.17) is 16.3 Å². The quantitative estimate of drug-likeness (QED) is 0.626. The lowest BCUT2D eigenvalue weighted by molar-refractivity contribution is -0.125. The second-order valence-corrected chi connectivity index (χ2v) is 5.50. The van der Waals surface area contributed by atoms with Gasteiger partial charge in [0.25, 0.3) is 17.7 Å². The summed E-state index contributed by atoms with van der Waals surface area (Å²) in [5, 5.41) is 0.255. The largest absolute Gasteiger partial charge is 0.482 e. The maximum absolute atomic E-state index is 12.1. The zero-order valence-corrected chi connectivity index (χ0v) is 13.6. The number of nitrogens with zero attached hydrogens (tertiary/aromatic N) is 2. The summed E-state index contributed by atoms with van der Waals surface area (Å²) < 4.78 is 5.30. The molecule has 2 N–H and O–H groups in total. The van der Waals surface area contributed by atoms with Gasteiger partial charge in [-0.15, -0.1) is 0 Å². The van der Waals surface area contributed by atoms with E-state index in [-0.39, 0.29) is 29.8 Å². The van der Waals surface area contributed by atoms with Crippen LogP contribution in [0.2, 0.25) is 5.15 Å². The Hall–Kier alpha value is -3.13. The molecule has 2 aromatic rings. The number of hydrogen-bond acceptors (Lipinski definition) is 5. The molecule has 9 heteroatoms. The van der Waals surface area contributed by atoms with Crippen molar-refractivity contribution in [2.45, 2.75) is 0 Å². The number of pyridine rings is 1. The van der Waals surface area contributed by atoms with E-state index in [0.29, 0.717) is 11.4 Å². The average molecular weight is 361 g/mol. The Balaban J connectivity index is 1.60. The number of aromatic nitrogens is 1. The summed E-state index contributed by atoms with van der Waals surface area (Å²) in [5.74, 6) is -0.931. The molecule has 0 aliphatic carbocycles. The van der Waals surface area contributed by atoms with Crippen molar-refractivity contribution in [3.63, 3.8) is 0 Å². The fourth-order valence-electron chi connectivity index (χ4n) is 2.22. The van der Waals surface area contributed by atoms with Crippen LogP contribution in [-0.4, -0.2) is 35.9 Å². The fraction of sp³-hybridized carbons (Fsp3) is 0.125. The van der Waals surface area contributed by atoms with Crippen molar-refractivity contribution in [1.82, 2.24) is 15.8 Å². The number of benzene rings is 1. The monoisotopic (exact) mass is 360 g/mol. The zero-order chi connectivity index (χ0) is 17.8. The molecule has 0 radical (unpaired) electrons. The highest BCUT2D eigenvalue weighted by atomic mass is 35.5. The van der Waals surface area contributed by atoms with Crippen LogP contribution in [0.4, 0.5) is 5.69 Å². The summed E-state index contributed by atoms with van der Waals surface area (Å²) in [4.78, 5) is 41.0. The molecule has 1 aliphatic heterocycles. The second-order valence-electron chi connectivity index (χ2n) is 5.11. The molecule has 0 saturated carbocycles. The number of para-hydroxylation sites is 2. The van der Waals surface area contributed by atoms with E-state index < -0.39 is 11.8 Å². The molecule has 1 aromatic heterocycles. The number of fused-ring (bicyclic) bond motifs is 1. The Morgan fingerprint density at radius 1 is 1.20 bits per heavy atom. The van der Waals surface area contributed by atoms with Gasteiger partial charge in [-0.05, 0) is 24.3 Å². The molecule has 128 valence electrons. The number of halogens is 1. The van der Waals surface area contributed by atoms with E-state index in [9.17, 15) is 14.4 Å². The van der Waals surface area contributed by atoms with Crippen molar-refractivity contribution >= 4 is 35.0 Å². The number of anilines is 1. The number of hydrogen-bond donors (Lipinski definition) is 2. The fourth-order valence-corrected chi connectivity index (χ4v) is 2.33. The van der Waals surface area contributed by atoms with Crippen molar-refractivity contribution in [2.24, 2.45) is 0 Å². The second kappa shape index (κ2) is 7.18. The van der Waals surface area contributed by atoms with E-state index in [0.717, 1.165) is 0 Å². The zero-order valence-electron chi connectivity index (χ0n) is 12.9. The number of nitrogens with one attached hydrogen (secondary N) is 2. The number of rotatable bonds is 3. The van der Waals surface area contributed by atoms with Gasteiger partial charge in [-0.2, -0.15) is 0 Å². The third-order valence-corrected chi connectivity index (χ3v) is 3.64. The molecule has 0 unspecified atom stereocenters. The van der Waals surface area contributed by atoms with Gasteiger partial charge in [0, 0.05) is 6.20 Å². The van der Waals surface area contributed by atoms with Gasteiger partial charge < -0.3 is 4.74 Å². The van der Waals surface area contributed by atoms with Crippen molar-refractivity contribution in [3.8, 4) is 5.75 Å². The molecule has 0 saturated heterocycles. The van der Waals surface area contributed by atoms with Gasteiger partial charge in [0.15, 0.2) is 6.61 Å². The Bertz CT molecular complexity index is 825. The highest BCUT2D eigenvalue weighted by molar-refractivity contribution is 6.29. The first-order valence-electron chi connectivity index (χ1n) is 7.27. The van der Waals surface area contributed by atoms with Crippen LogP contribution in [0.25, 0.3) is 0 Å². The van der Waals surface area contributed by atoms with Crippen LogP contribution in [-0.2, 0) is 9.59 Å².